The molecule has 2 aromatic heterocycles. The van der Waals surface area contributed by atoms with Crippen LogP contribution in [0, 0.1) is 0 Å². The Balaban J connectivity index is 2.04. The van der Waals surface area contributed by atoms with Crippen LogP contribution in [-0.2, 0) is 7.05 Å². The SMILES string of the molecule is Cn1nc(-c2cc3ccccc3s2)c2ccccc21. The van der Waals surface area contributed by atoms with Crippen molar-refractivity contribution < 1.29 is 0 Å². The third-order valence-corrected chi connectivity index (χ3v) is 4.54. The molecule has 0 fully saturated rings. The molecule has 0 radical (unpaired) electrons. The van der Waals surface area contributed by atoms with Crippen molar-refractivity contribution in [3.05, 3.63) is 54.6 Å². The van der Waals surface area contributed by atoms with E-state index in [0.29, 0.717) is 0 Å². The minimum atomic E-state index is 1.08. The number of hydrogen-bond donors (Lipinski definition) is 0. The van der Waals surface area contributed by atoms with Crippen LogP contribution >= 0.6 is 11.3 Å². The highest BCUT2D eigenvalue weighted by atomic mass is 32.1. The van der Waals surface area contributed by atoms with Crippen molar-refractivity contribution in [2.75, 3.05) is 0 Å². The van der Waals surface area contributed by atoms with Gasteiger partial charge in [-0.3, -0.25) is 4.68 Å². The summed E-state index contributed by atoms with van der Waals surface area (Å²) in [5.41, 5.74) is 2.26. The first-order valence-corrected chi connectivity index (χ1v) is 7.05. The molecule has 92 valence electrons. The first-order chi connectivity index (χ1) is 9.33. The average Bonchev–Trinajstić information content (AvgIpc) is 3.01. The maximum absolute atomic E-state index is 4.68. The van der Waals surface area contributed by atoms with E-state index >= 15 is 0 Å². The lowest BCUT2D eigenvalue weighted by Gasteiger charge is -1.91. The van der Waals surface area contributed by atoms with E-state index in [0.717, 1.165) is 5.69 Å². The highest BCUT2D eigenvalue weighted by molar-refractivity contribution is 7.22. The Morgan fingerprint density at radius 1 is 1.00 bits per heavy atom. The molecular formula is C16H12N2S. The normalized spacial score (nSPS) is 11.4. The second-order valence-electron chi connectivity index (χ2n) is 4.64. The van der Waals surface area contributed by atoms with E-state index in [2.05, 4.69) is 59.7 Å². The zero-order chi connectivity index (χ0) is 12.8. The molecule has 0 spiro atoms. The van der Waals surface area contributed by atoms with Crippen molar-refractivity contribution in [2.45, 2.75) is 0 Å². The van der Waals surface area contributed by atoms with Crippen LogP contribution in [-0.4, -0.2) is 9.78 Å². The van der Waals surface area contributed by atoms with E-state index in [4.69, 9.17) is 0 Å². The van der Waals surface area contributed by atoms with E-state index in [1.807, 2.05) is 11.7 Å². The topological polar surface area (TPSA) is 17.8 Å². The van der Waals surface area contributed by atoms with Crippen molar-refractivity contribution in [2.24, 2.45) is 7.05 Å². The standard InChI is InChI=1S/C16H12N2S/c1-18-13-8-4-3-7-12(13)16(17-18)15-10-11-6-2-5-9-14(11)19-15/h2-10H,1H3. The Bertz CT molecular complexity index is 853. The number of thiophene rings is 1. The van der Waals surface area contributed by atoms with Gasteiger partial charge in [-0.15, -0.1) is 11.3 Å². The quantitative estimate of drug-likeness (QED) is 0.496. The lowest BCUT2D eigenvalue weighted by Crippen LogP contribution is -1.88. The molecule has 4 rings (SSSR count). The second kappa shape index (κ2) is 3.93. The summed E-state index contributed by atoms with van der Waals surface area (Å²) in [5, 5.41) is 7.19. The van der Waals surface area contributed by atoms with Gasteiger partial charge in [-0.05, 0) is 23.6 Å². The fourth-order valence-electron chi connectivity index (χ4n) is 2.49. The van der Waals surface area contributed by atoms with Gasteiger partial charge < -0.3 is 0 Å². The summed E-state index contributed by atoms with van der Waals surface area (Å²) in [6.45, 7) is 0. The van der Waals surface area contributed by atoms with Gasteiger partial charge in [0.2, 0.25) is 0 Å². The van der Waals surface area contributed by atoms with Crippen molar-refractivity contribution in [1.29, 1.82) is 0 Å². The molecule has 0 bridgehead atoms. The molecule has 0 N–H and O–H groups in total. The summed E-state index contributed by atoms with van der Waals surface area (Å²) in [4.78, 5) is 1.23. The number of aromatic nitrogens is 2. The molecule has 0 aliphatic heterocycles. The lowest BCUT2D eigenvalue weighted by atomic mass is 10.2. The zero-order valence-electron chi connectivity index (χ0n) is 10.5. The van der Waals surface area contributed by atoms with Crippen LogP contribution in [0.4, 0.5) is 0 Å². The Morgan fingerprint density at radius 3 is 2.68 bits per heavy atom. The number of benzene rings is 2. The third kappa shape index (κ3) is 1.59. The Kier molecular flexibility index (Phi) is 2.23. The number of aryl methyl sites for hydroxylation is 1. The van der Waals surface area contributed by atoms with Gasteiger partial charge in [-0.2, -0.15) is 5.10 Å². The molecule has 0 saturated carbocycles. The summed E-state index contributed by atoms with van der Waals surface area (Å²) in [6, 6.07) is 19.1. The number of para-hydroxylation sites is 1. The Morgan fingerprint density at radius 2 is 1.79 bits per heavy atom. The van der Waals surface area contributed by atoms with Crippen LogP contribution in [0.5, 0.6) is 0 Å². The largest absolute Gasteiger partial charge is 0.267 e. The minimum absolute atomic E-state index is 1.08. The molecule has 0 saturated heterocycles. The molecular weight excluding hydrogens is 252 g/mol. The first-order valence-electron chi connectivity index (χ1n) is 6.23. The summed E-state index contributed by atoms with van der Waals surface area (Å²) in [7, 11) is 2.00. The van der Waals surface area contributed by atoms with Gasteiger partial charge in [-0.1, -0.05) is 36.4 Å². The van der Waals surface area contributed by atoms with Gasteiger partial charge >= 0.3 is 0 Å². The van der Waals surface area contributed by atoms with Crippen molar-refractivity contribution in [3.8, 4) is 10.6 Å². The number of fused-ring (bicyclic) bond motifs is 2. The van der Waals surface area contributed by atoms with Crippen LogP contribution in [0.3, 0.4) is 0 Å². The highest BCUT2D eigenvalue weighted by Crippen LogP contribution is 2.36. The maximum atomic E-state index is 4.68. The summed E-state index contributed by atoms with van der Waals surface area (Å²) in [6.07, 6.45) is 0. The van der Waals surface area contributed by atoms with E-state index in [1.165, 1.54) is 25.9 Å². The Hall–Kier alpha value is -2.13. The predicted octanol–water partition coefficient (Wildman–Crippen LogP) is 4.46. The van der Waals surface area contributed by atoms with Crippen molar-refractivity contribution >= 4 is 32.3 Å². The molecule has 0 unspecified atom stereocenters. The van der Waals surface area contributed by atoms with Gasteiger partial charge in [0.05, 0.1) is 10.4 Å². The van der Waals surface area contributed by atoms with Gasteiger partial charge in [0, 0.05) is 17.1 Å². The van der Waals surface area contributed by atoms with Crippen LogP contribution in [0.1, 0.15) is 0 Å². The molecule has 19 heavy (non-hydrogen) atoms. The summed E-state index contributed by atoms with van der Waals surface area (Å²) >= 11 is 1.80. The molecule has 0 amide bonds. The third-order valence-electron chi connectivity index (χ3n) is 3.42. The van der Waals surface area contributed by atoms with E-state index in [1.54, 1.807) is 11.3 Å². The number of nitrogens with zero attached hydrogens (tertiary/aromatic N) is 2. The van der Waals surface area contributed by atoms with Crippen LogP contribution in [0.25, 0.3) is 31.6 Å². The van der Waals surface area contributed by atoms with Crippen LogP contribution in [0.15, 0.2) is 54.6 Å². The van der Waals surface area contributed by atoms with Gasteiger partial charge in [0.1, 0.15) is 5.69 Å². The number of rotatable bonds is 1. The fraction of sp³-hybridized carbons (Fsp3) is 0.0625. The smallest absolute Gasteiger partial charge is 0.110 e. The van der Waals surface area contributed by atoms with Crippen LogP contribution < -0.4 is 0 Å². The zero-order valence-corrected chi connectivity index (χ0v) is 11.3. The van der Waals surface area contributed by atoms with Gasteiger partial charge in [0.25, 0.3) is 0 Å². The molecule has 2 heterocycles. The van der Waals surface area contributed by atoms with E-state index in [9.17, 15) is 0 Å². The summed E-state index contributed by atoms with van der Waals surface area (Å²) < 4.78 is 3.27. The first kappa shape index (κ1) is 10.8. The molecule has 2 nitrogen and oxygen atoms in total. The number of hydrogen-bond acceptors (Lipinski definition) is 2. The second-order valence-corrected chi connectivity index (χ2v) is 5.72. The van der Waals surface area contributed by atoms with Crippen molar-refractivity contribution in [1.82, 2.24) is 9.78 Å². The Labute approximate surface area is 114 Å². The average molecular weight is 264 g/mol. The van der Waals surface area contributed by atoms with Gasteiger partial charge in [0.15, 0.2) is 0 Å². The molecule has 4 aromatic rings. The minimum Gasteiger partial charge on any atom is -0.267 e. The fourth-order valence-corrected chi connectivity index (χ4v) is 3.56. The monoisotopic (exact) mass is 264 g/mol. The van der Waals surface area contributed by atoms with Crippen molar-refractivity contribution in [3.63, 3.8) is 0 Å². The maximum Gasteiger partial charge on any atom is 0.110 e. The van der Waals surface area contributed by atoms with Crippen LogP contribution in [0.2, 0.25) is 0 Å². The molecule has 0 aliphatic rings. The highest BCUT2D eigenvalue weighted by Gasteiger charge is 2.12. The molecule has 3 heteroatoms. The van der Waals surface area contributed by atoms with E-state index in [-0.39, 0.29) is 0 Å². The lowest BCUT2D eigenvalue weighted by molar-refractivity contribution is 0.801. The predicted molar refractivity (Wildman–Crippen MR) is 81.5 cm³/mol. The molecule has 0 atom stereocenters. The molecule has 2 aromatic carbocycles. The molecule has 0 aliphatic carbocycles. The van der Waals surface area contributed by atoms with Gasteiger partial charge in [-0.25, -0.2) is 0 Å². The van der Waals surface area contributed by atoms with E-state index < -0.39 is 0 Å². The summed E-state index contributed by atoms with van der Waals surface area (Å²) in [5.74, 6) is 0.